The van der Waals surface area contributed by atoms with E-state index in [4.69, 9.17) is 0 Å². The third-order valence-corrected chi connectivity index (χ3v) is 5.69. The topological polar surface area (TPSA) is 57.6 Å². The molecule has 22 heavy (non-hydrogen) atoms. The largest absolute Gasteiger partial charge is 0.416 e. The summed E-state index contributed by atoms with van der Waals surface area (Å²) in [7, 11) is -4.08. The zero-order chi connectivity index (χ0) is 16.8. The lowest BCUT2D eigenvalue weighted by molar-refractivity contribution is -0.137. The molecule has 1 heterocycles. The zero-order valence-electron chi connectivity index (χ0n) is 12.3. The highest BCUT2D eigenvalue weighted by Crippen LogP contribution is 2.34. The van der Waals surface area contributed by atoms with E-state index in [0.717, 1.165) is 22.5 Å². The molecule has 0 saturated carbocycles. The summed E-state index contributed by atoms with van der Waals surface area (Å²) < 4.78 is 64.6. The lowest BCUT2D eigenvalue weighted by Crippen LogP contribution is -2.48. The van der Waals surface area contributed by atoms with Gasteiger partial charge in [0, 0.05) is 6.54 Å². The Kier molecular flexibility index (Phi) is 4.31. The Morgan fingerprint density at radius 3 is 2.45 bits per heavy atom. The fraction of sp³-hybridized carbons (Fsp3) is 0.571. The van der Waals surface area contributed by atoms with Gasteiger partial charge in [0.2, 0.25) is 10.0 Å². The monoisotopic (exact) mass is 337 g/mol. The van der Waals surface area contributed by atoms with Crippen LogP contribution in [0.25, 0.3) is 0 Å². The number of alkyl halides is 3. The van der Waals surface area contributed by atoms with E-state index in [-0.39, 0.29) is 6.54 Å². The van der Waals surface area contributed by atoms with Crippen LogP contribution >= 0.6 is 0 Å². The van der Waals surface area contributed by atoms with Crippen molar-refractivity contribution in [3.63, 3.8) is 0 Å². The van der Waals surface area contributed by atoms with Crippen LogP contribution in [0.3, 0.4) is 0 Å². The van der Waals surface area contributed by atoms with Gasteiger partial charge in [0.15, 0.2) is 0 Å². The van der Waals surface area contributed by atoms with Gasteiger partial charge >= 0.3 is 6.18 Å². The number of hydrogen-bond acceptors (Lipinski definition) is 3. The molecule has 8 heteroatoms. The summed E-state index contributed by atoms with van der Waals surface area (Å²) in [6.45, 7) is 3.18. The summed E-state index contributed by atoms with van der Waals surface area (Å²) in [4.78, 5) is -0.404. The van der Waals surface area contributed by atoms with Gasteiger partial charge < -0.3 is 5.11 Å². The molecule has 1 atom stereocenters. The molecule has 0 radical (unpaired) electrons. The Morgan fingerprint density at radius 1 is 1.27 bits per heavy atom. The molecule has 0 bridgehead atoms. The number of sulfonamides is 1. The van der Waals surface area contributed by atoms with Crippen molar-refractivity contribution < 1.29 is 26.7 Å². The molecular weight excluding hydrogens is 319 g/mol. The van der Waals surface area contributed by atoms with Gasteiger partial charge in [-0.05, 0) is 44.9 Å². The van der Waals surface area contributed by atoms with Crippen molar-refractivity contribution in [3.8, 4) is 0 Å². The standard InChI is InChI=1S/C14H18F3NO3S/c1-13(2,19)12-7-4-8-18(12)22(20,21)11-6-3-5-10(9-11)14(15,16)17/h3,5-6,9,12,19H,4,7-8H2,1-2H3. The average Bonchev–Trinajstić information content (AvgIpc) is 2.87. The van der Waals surface area contributed by atoms with Crippen molar-refractivity contribution >= 4 is 10.0 Å². The smallest absolute Gasteiger partial charge is 0.389 e. The lowest BCUT2D eigenvalue weighted by atomic mass is 9.98. The molecule has 0 aliphatic carbocycles. The maximum atomic E-state index is 12.8. The predicted octanol–water partition coefficient (Wildman–Crippen LogP) is 2.63. The van der Waals surface area contributed by atoms with Crippen LogP contribution in [0.15, 0.2) is 29.2 Å². The molecular formula is C14H18F3NO3S. The van der Waals surface area contributed by atoms with Gasteiger partial charge in [-0.1, -0.05) is 6.07 Å². The molecule has 0 amide bonds. The maximum Gasteiger partial charge on any atom is 0.416 e. The van der Waals surface area contributed by atoms with Gasteiger partial charge in [-0.15, -0.1) is 0 Å². The van der Waals surface area contributed by atoms with E-state index in [0.29, 0.717) is 18.9 Å². The van der Waals surface area contributed by atoms with Gasteiger partial charge in [0.05, 0.1) is 22.1 Å². The minimum Gasteiger partial charge on any atom is -0.389 e. The molecule has 1 unspecified atom stereocenters. The highest BCUT2D eigenvalue weighted by Gasteiger charge is 2.43. The summed E-state index contributed by atoms with van der Waals surface area (Å²) >= 11 is 0. The summed E-state index contributed by atoms with van der Waals surface area (Å²) in [5.41, 5.74) is -2.27. The van der Waals surface area contributed by atoms with E-state index in [2.05, 4.69) is 0 Å². The number of halogens is 3. The Hall–Kier alpha value is -1.12. The Morgan fingerprint density at radius 2 is 1.91 bits per heavy atom. The molecule has 1 aliphatic heterocycles. The van der Waals surface area contributed by atoms with Crippen molar-refractivity contribution in [3.05, 3.63) is 29.8 Å². The first kappa shape index (κ1) is 17.2. The second-order valence-corrected chi connectivity index (χ2v) is 7.84. The molecule has 1 N–H and O–H groups in total. The van der Waals surface area contributed by atoms with Crippen LogP contribution in [0.1, 0.15) is 32.3 Å². The van der Waals surface area contributed by atoms with Crippen molar-refractivity contribution in [1.29, 1.82) is 0 Å². The minimum atomic E-state index is -4.60. The highest BCUT2D eigenvalue weighted by molar-refractivity contribution is 7.89. The van der Waals surface area contributed by atoms with Gasteiger partial charge in [-0.2, -0.15) is 17.5 Å². The van der Waals surface area contributed by atoms with E-state index in [1.165, 1.54) is 13.8 Å². The van der Waals surface area contributed by atoms with Gasteiger partial charge in [0.1, 0.15) is 0 Å². The molecule has 1 aromatic rings. The maximum absolute atomic E-state index is 12.8. The van der Waals surface area contributed by atoms with Crippen LogP contribution in [0.5, 0.6) is 0 Å². The minimum absolute atomic E-state index is 0.188. The quantitative estimate of drug-likeness (QED) is 0.922. The lowest BCUT2D eigenvalue weighted by Gasteiger charge is -2.33. The average molecular weight is 337 g/mol. The number of aliphatic hydroxyl groups is 1. The summed E-state index contributed by atoms with van der Waals surface area (Å²) in [6, 6.07) is 3.04. The molecule has 1 aromatic carbocycles. The summed E-state index contributed by atoms with van der Waals surface area (Å²) in [5, 5.41) is 10.1. The predicted molar refractivity (Wildman–Crippen MR) is 74.7 cm³/mol. The van der Waals surface area contributed by atoms with Crippen LogP contribution in [0.4, 0.5) is 13.2 Å². The van der Waals surface area contributed by atoms with E-state index >= 15 is 0 Å². The normalized spacial score (nSPS) is 21.3. The van der Waals surface area contributed by atoms with E-state index in [9.17, 15) is 26.7 Å². The van der Waals surface area contributed by atoms with Crippen LogP contribution in [0, 0.1) is 0 Å². The first-order chi connectivity index (χ1) is 9.94. The molecule has 2 rings (SSSR count). The molecule has 0 spiro atoms. The van der Waals surface area contributed by atoms with Crippen LogP contribution < -0.4 is 0 Å². The highest BCUT2D eigenvalue weighted by atomic mass is 32.2. The van der Waals surface area contributed by atoms with Crippen LogP contribution in [-0.2, 0) is 16.2 Å². The molecule has 4 nitrogen and oxygen atoms in total. The third-order valence-electron chi connectivity index (χ3n) is 3.79. The van der Waals surface area contributed by atoms with Crippen molar-refractivity contribution in [1.82, 2.24) is 4.31 Å². The Labute approximate surface area is 127 Å². The molecule has 0 aromatic heterocycles. The van der Waals surface area contributed by atoms with Gasteiger partial charge in [0.25, 0.3) is 0 Å². The fourth-order valence-corrected chi connectivity index (χ4v) is 4.57. The van der Waals surface area contributed by atoms with Crippen LogP contribution in [-0.4, -0.2) is 36.0 Å². The Balaban J connectivity index is 2.43. The number of rotatable bonds is 3. The first-order valence-electron chi connectivity index (χ1n) is 6.85. The van der Waals surface area contributed by atoms with E-state index in [1.54, 1.807) is 0 Å². The molecule has 1 fully saturated rings. The van der Waals surface area contributed by atoms with Crippen molar-refractivity contribution in [2.45, 2.75) is 49.4 Å². The second-order valence-electron chi connectivity index (χ2n) is 5.95. The van der Waals surface area contributed by atoms with Crippen molar-refractivity contribution in [2.75, 3.05) is 6.54 Å². The SMILES string of the molecule is CC(C)(O)C1CCCN1S(=O)(=O)c1cccc(C(F)(F)F)c1. The first-order valence-corrected chi connectivity index (χ1v) is 8.29. The molecule has 124 valence electrons. The third kappa shape index (κ3) is 3.28. The van der Waals surface area contributed by atoms with E-state index < -0.39 is 38.3 Å². The summed E-state index contributed by atoms with van der Waals surface area (Å²) in [5.74, 6) is 0. The number of hydrogen-bond donors (Lipinski definition) is 1. The number of benzene rings is 1. The molecule has 1 aliphatic rings. The fourth-order valence-electron chi connectivity index (χ4n) is 2.70. The number of nitrogens with zero attached hydrogens (tertiary/aromatic N) is 1. The molecule has 1 saturated heterocycles. The zero-order valence-corrected chi connectivity index (χ0v) is 13.1. The van der Waals surface area contributed by atoms with Gasteiger partial charge in [-0.25, -0.2) is 8.42 Å². The van der Waals surface area contributed by atoms with Crippen LogP contribution in [0.2, 0.25) is 0 Å². The Bertz CT molecular complexity index is 650. The van der Waals surface area contributed by atoms with Crippen molar-refractivity contribution in [2.24, 2.45) is 0 Å². The second kappa shape index (κ2) is 5.50. The van der Waals surface area contributed by atoms with Gasteiger partial charge in [-0.3, -0.25) is 0 Å². The van der Waals surface area contributed by atoms with E-state index in [1.807, 2.05) is 0 Å². The summed E-state index contributed by atoms with van der Waals surface area (Å²) in [6.07, 6.45) is -3.57.